The van der Waals surface area contributed by atoms with Gasteiger partial charge in [0.2, 0.25) is 11.8 Å². The van der Waals surface area contributed by atoms with Crippen molar-refractivity contribution >= 4 is 34.5 Å². The van der Waals surface area contributed by atoms with Crippen molar-refractivity contribution in [2.24, 2.45) is 5.73 Å². The molecule has 0 saturated carbocycles. The molecule has 5 nitrogen and oxygen atoms in total. The molecule has 0 aliphatic carbocycles. The van der Waals surface area contributed by atoms with Crippen molar-refractivity contribution in [1.29, 1.82) is 0 Å². The predicted molar refractivity (Wildman–Crippen MR) is 80.9 cm³/mol. The first-order chi connectivity index (χ1) is 9.54. The van der Waals surface area contributed by atoms with Gasteiger partial charge in [0.15, 0.2) is 0 Å². The van der Waals surface area contributed by atoms with Crippen molar-refractivity contribution in [3.8, 4) is 0 Å². The smallest absolute Gasteiger partial charge is 0.249 e. The SMILES string of the molecule is CC(=O)Nc1cccc(NCc2cc(C(N)=O)cs2)c1. The molecule has 0 fully saturated rings. The predicted octanol–water partition coefficient (Wildman–Crippen LogP) is 2.42. The summed E-state index contributed by atoms with van der Waals surface area (Å²) in [5.41, 5.74) is 7.37. The normalized spacial score (nSPS) is 10.1. The Labute approximate surface area is 120 Å². The second-order valence-corrected chi connectivity index (χ2v) is 5.28. The fraction of sp³-hybridized carbons (Fsp3) is 0.143. The summed E-state index contributed by atoms with van der Waals surface area (Å²) >= 11 is 1.48. The van der Waals surface area contributed by atoms with Gasteiger partial charge in [-0.15, -0.1) is 11.3 Å². The summed E-state index contributed by atoms with van der Waals surface area (Å²) in [6, 6.07) is 9.22. The number of rotatable bonds is 5. The van der Waals surface area contributed by atoms with E-state index in [1.807, 2.05) is 24.3 Å². The molecule has 0 bridgehead atoms. The van der Waals surface area contributed by atoms with Crippen LogP contribution in [-0.2, 0) is 11.3 Å². The number of nitrogens with one attached hydrogen (secondary N) is 2. The van der Waals surface area contributed by atoms with Gasteiger partial charge in [-0.3, -0.25) is 9.59 Å². The van der Waals surface area contributed by atoms with Gasteiger partial charge in [-0.1, -0.05) is 6.07 Å². The van der Waals surface area contributed by atoms with E-state index in [0.29, 0.717) is 12.1 Å². The van der Waals surface area contributed by atoms with Crippen LogP contribution in [0.3, 0.4) is 0 Å². The van der Waals surface area contributed by atoms with Crippen LogP contribution in [0.4, 0.5) is 11.4 Å². The zero-order chi connectivity index (χ0) is 14.5. The Morgan fingerprint density at radius 1 is 1.25 bits per heavy atom. The van der Waals surface area contributed by atoms with Crippen LogP contribution in [0.15, 0.2) is 35.7 Å². The van der Waals surface area contributed by atoms with E-state index in [-0.39, 0.29) is 5.91 Å². The maximum Gasteiger partial charge on any atom is 0.249 e. The molecule has 104 valence electrons. The van der Waals surface area contributed by atoms with Gasteiger partial charge in [0.25, 0.3) is 0 Å². The number of primary amides is 1. The highest BCUT2D eigenvalue weighted by Gasteiger charge is 2.04. The Hall–Kier alpha value is -2.34. The molecule has 0 aliphatic heterocycles. The number of carbonyl (C=O) groups excluding carboxylic acids is 2. The molecule has 20 heavy (non-hydrogen) atoms. The Bertz CT molecular complexity index is 637. The summed E-state index contributed by atoms with van der Waals surface area (Å²) in [6.45, 7) is 2.07. The first-order valence-electron chi connectivity index (χ1n) is 6.03. The minimum Gasteiger partial charge on any atom is -0.380 e. The van der Waals surface area contributed by atoms with Crippen LogP contribution in [0.1, 0.15) is 22.2 Å². The van der Waals surface area contributed by atoms with Gasteiger partial charge in [0.05, 0.1) is 5.56 Å². The van der Waals surface area contributed by atoms with E-state index >= 15 is 0 Å². The fourth-order valence-corrected chi connectivity index (χ4v) is 2.51. The summed E-state index contributed by atoms with van der Waals surface area (Å²) in [6.07, 6.45) is 0. The van der Waals surface area contributed by atoms with Gasteiger partial charge in [-0.25, -0.2) is 0 Å². The van der Waals surface area contributed by atoms with E-state index in [1.165, 1.54) is 18.3 Å². The van der Waals surface area contributed by atoms with Crippen molar-refractivity contribution < 1.29 is 9.59 Å². The molecule has 0 atom stereocenters. The lowest BCUT2D eigenvalue weighted by atomic mass is 10.2. The Kier molecular flexibility index (Phi) is 4.37. The zero-order valence-electron chi connectivity index (χ0n) is 11.0. The highest BCUT2D eigenvalue weighted by molar-refractivity contribution is 7.10. The molecule has 1 heterocycles. The molecule has 0 radical (unpaired) electrons. The summed E-state index contributed by atoms with van der Waals surface area (Å²) in [4.78, 5) is 23.0. The molecule has 0 unspecified atom stereocenters. The fourth-order valence-electron chi connectivity index (χ4n) is 1.70. The molecule has 2 rings (SSSR count). The third-order valence-corrected chi connectivity index (χ3v) is 3.52. The summed E-state index contributed by atoms with van der Waals surface area (Å²) in [5.74, 6) is -0.522. The maximum absolute atomic E-state index is 11.0. The van der Waals surface area contributed by atoms with Gasteiger partial charge >= 0.3 is 0 Å². The number of hydrogen-bond acceptors (Lipinski definition) is 4. The summed E-state index contributed by atoms with van der Waals surface area (Å²) in [7, 11) is 0. The van der Waals surface area contributed by atoms with Gasteiger partial charge in [0.1, 0.15) is 0 Å². The van der Waals surface area contributed by atoms with E-state index in [0.717, 1.165) is 16.3 Å². The number of nitrogens with two attached hydrogens (primary N) is 1. The lowest BCUT2D eigenvalue weighted by Crippen LogP contribution is -2.09. The van der Waals surface area contributed by atoms with E-state index < -0.39 is 5.91 Å². The lowest BCUT2D eigenvalue weighted by Gasteiger charge is -2.07. The molecular weight excluding hydrogens is 274 g/mol. The largest absolute Gasteiger partial charge is 0.380 e. The minimum atomic E-state index is -0.417. The van der Waals surface area contributed by atoms with E-state index in [1.54, 1.807) is 11.4 Å². The van der Waals surface area contributed by atoms with Gasteiger partial charge in [-0.05, 0) is 24.3 Å². The molecule has 0 saturated heterocycles. The number of carbonyl (C=O) groups is 2. The third-order valence-electron chi connectivity index (χ3n) is 2.59. The van der Waals surface area contributed by atoms with Crippen molar-refractivity contribution in [3.05, 3.63) is 46.2 Å². The molecule has 2 amide bonds. The second kappa shape index (κ2) is 6.21. The molecule has 1 aromatic carbocycles. The van der Waals surface area contributed by atoms with Crippen LogP contribution in [0.25, 0.3) is 0 Å². The van der Waals surface area contributed by atoms with Gasteiger partial charge in [-0.2, -0.15) is 0 Å². The molecule has 2 aromatic rings. The van der Waals surface area contributed by atoms with Crippen molar-refractivity contribution in [3.63, 3.8) is 0 Å². The van der Waals surface area contributed by atoms with E-state index in [9.17, 15) is 9.59 Å². The van der Waals surface area contributed by atoms with Crippen molar-refractivity contribution in [2.45, 2.75) is 13.5 Å². The van der Waals surface area contributed by atoms with Crippen LogP contribution in [0, 0.1) is 0 Å². The van der Waals surface area contributed by atoms with Crippen LogP contribution >= 0.6 is 11.3 Å². The van der Waals surface area contributed by atoms with Crippen LogP contribution in [-0.4, -0.2) is 11.8 Å². The molecule has 0 aliphatic rings. The number of benzene rings is 1. The Morgan fingerprint density at radius 3 is 2.65 bits per heavy atom. The molecular formula is C14H15N3O2S. The van der Waals surface area contributed by atoms with Gasteiger partial charge in [0, 0.05) is 35.1 Å². The zero-order valence-corrected chi connectivity index (χ0v) is 11.8. The first kappa shape index (κ1) is 14.1. The quantitative estimate of drug-likeness (QED) is 0.790. The average molecular weight is 289 g/mol. The monoisotopic (exact) mass is 289 g/mol. The van der Waals surface area contributed by atoms with E-state index in [4.69, 9.17) is 5.73 Å². The topological polar surface area (TPSA) is 84.2 Å². The summed E-state index contributed by atoms with van der Waals surface area (Å²) < 4.78 is 0. The Morgan fingerprint density at radius 2 is 2.00 bits per heavy atom. The highest BCUT2D eigenvalue weighted by Crippen LogP contribution is 2.19. The Balaban J connectivity index is 1.99. The molecule has 0 spiro atoms. The maximum atomic E-state index is 11.0. The van der Waals surface area contributed by atoms with Crippen LogP contribution < -0.4 is 16.4 Å². The standard InChI is InChI=1S/C14H15N3O2S/c1-9(18)17-12-4-2-3-11(6-12)16-7-13-5-10(8-20-13)14(15)19/h2-6,8,16H,7H2,1H3,(H2,15,19)(H,17,18). The number of thiophene rings is 1. The molecule has 6 heteroatoms. The average Bonchev–Trinajstić information content (AvgIpc) is 2.85. The number of amides is 2. The third kappa shape index (κ3) is 3.83. The lowest BCUT2D eigenvalue weighted by molar-refractivity contribution is -0.114. The minimum absolute atomic E-state index is 0.105. The highest BCUT2D eigenvalue weighted by atomic mass is 32.1. The second-order valence-electron chi connectivity index (χ2n) is 4.28. The first-order valence-corrected chi connectivity index (χ1v) is 6.91. The van der Waals surface area contributed by atoms with Gasteiger partial charge < -0.3 is 16.4 Å². The molecule has 4 N–H and O–H groups in total. The number of hydrogen-bond donors (Lipinski definition) is 3. The van der Waals surface area contributed by atoms with Crippen molar-refractivity contribution in [1.82, 2.24) is 0 Å². The van der Waals surface area contributed by atoms with Crippen LogP contribution in [0.2, 0.25) is 0 Å². The van der Waals surface area contributed by atoms with E-state index in [2.05, 4.69) is 10.6 Å². The van der Waals surface area contributed by atoms with Crippen molar-refractivity contribution in [2.75, 3.05) is 10.6 Å². The number of anilines is 2. The van der Waals surface area contributed by atoms with Crippen LogP contribution in [0.5, 0.6) is 0 Å². The molecule has 1 aromatic heterocycles. The summed E-state index contributed by atoms with van der Waals surface area (Å²) in [5, 5.41) is 7.70.